The first-order valence-electron chi connectivity index (χ1n) is 28.0. The summed E-state index contributed by atoms with van der Waals surface area (Å²) in [6.07, 6.45) is 13.7. The summed E-state index contributed by atoms with van der Waals surface area (Å²) in [4.78, 5) is 122. The van der Waals surface area contributed by atoms with Crippen molar-refractivity contribution in [2.45, 2.75) is 143 Å². The van der Waals surface area contributed by atoms with Crippen molar-refractivity contribution in [1.82, 2.24) is 21.3 Å². The van der Waals surface area contributed by atoms with Crippen LogP contribution >= 0.6 is 0 Å². The molecule has 0 radical (unpaired) electrons. The van der Waals surface area contributed by atoms with E-state index in [-0.39, 0.29) is 196 Å². The van der Waals surface area contributed by atoms with Gasteiger partial charge in [0.15, 0.2) is 0 Å². The zero-order valence-electron chi connectivity index (χ0n) is 52.0. The molecule has 0 aliphatic heterocycles. The molecule has 0 heterocycles. The van der Waals surface area contributed by atoms with E-state index < -0.39 is 46.2 Å². The van der Waals surface area contributed by atoms with Crippen LogP contribution in [0.25, 0.3) is 0 Å². The van der Waals surface area contributed by atoms with Gasteiger partial charge in [-0.3, -0.25) is 44.2 Å². The van der Waals surface area contributed by atoms with E-state index in [4.69, 9.17) is 53.2 Å². The second kappa shape index (κ2) is 68.1. The summed E-state index contributed by atoms with van der Waals surface area (Å²) in [5.74, 6) is -5.68. The van der Waals surface area contributed by atoms with E-state index >= 15 is 0 Å². The van der Waals surface area contributed by atoms with Crippen LogP contribution in [0.5, 0.6) is 0 Å². The maximum Gasteiger partial charge on any atom is 1.00 e. The van der Waals surface area contributed by atoms with Crippen molar-refractivity contribution in [2.75, 3.05) is 59.2 Å². The van der Waals surface area contributed by atoms with Gasteiger partial charge < -0.3 is 87.0 Å². The number of carbonyl (C=O) groups is 10. The maximum absolute atomic E-state index is 12.0. The molecule has 0 spiro atoms. The monoisotopic (exact) mass is 1370 g/mol. The minimum absolute atomic E-state index is 0. The molecular weight excluding hydrogens is 1280 g/mol. The van der Waals surface area contributed by atoms with Crippen molar-refractivity contribution in [3.63, 3.8) is 0 Å². The number of aliphatic hydroxyl groups excluding tert-OH is 2. The van der Waals surface area contributed by atoms with Crippen molar-refractivity contribution in [3.05, 3.63) is 106 Å². The van der Waals surface area contributed by atoms with Crippen molar-refractivity contribution in [1.29, 1.82) is 0 Å². The van der Waals surface area contributed by atoms with Gasteiger partial charge in [0.25, 0.3) is 23.6 Å². The third-order valence-electron chi connectivity index (χ3n) is 11.2. The zero-order valence-corrected chi connectivity index (χ0v) is 58.8. The number of ether oxygens (including phenoxy) is 2. The molecule has 3 aromatic carbocycles. The Morgan fingerprint density at radius 3 is 0.892 bits per heavy atom. The molecule has 0 saturated heterocycles. The molecular formula is C60H91N5Na3O24S-. The summed E-state index contributed by atoms with van der Waals surface area (Å²) in [5, 5.41) is 65.3. The smallest absolute Gasteiger partial charge is 0.870 e. The van der Waals surface area contributed by atoms with Crippen LogP contribution in [0.1, 0.15) is 205 Å². The van der Waals surface area contributed by atoms with E-state index in [1.165, 1.54) is 24.3 Å². The number of amides is 4. The Hall–Kier alpha value is -5.26. The standard InChI is InChI=1S/C20H28N2O6.C20H27N2O5.C12H14O6.C6H13NO2.2CH4.3Na.H2O4S.H2O/c23-17(24)7-3-1-5-13-21-19(27)15-9-11-16(12-10-15)20(28)22-14-6-2-4-8-18(25)26;23-15-7-2-1-5-13-21-19(26)16-9-11-17(12-10-16)20(27)22-14-6-3-4-8-18(24)25;13-5-7-17-11(15)9-1-2-10(4-3-9)12(16)18-8-6-14;7-5-3-1-2-4-6(8)9;;;;;;1-5(2,3)4;/h9-12H,1-8,13-14H2,(H,21,27)(H,22,28)(H,23,24)(H,25,26);9-12H,1-8,13-14H2,(H,21,26)(H,22,27)(H,24,25);1-4,13-14H,5-8H2;1-5,7H2,(H,8,9);2*1H4;;;;(H2,1,2,3,4);1H2/q;-1;;;;;3*+1;;/p-3. The number of carboxylic acids is 4. The Balaban J connectivity index is -0.000000173. The number of nitrogens with two attached hydrogens (primary N) is 1. The molecule has 0 fully saturated rings. The molecule has 3 rings (SSSR count). The summed E-state index contributed by atoms with van der Waals surface area (Å²) < 4.78 is 41.0. The maximum atomic E-state index is 12.0. The fourth-order valence-corrected chi connectivity index (χ4v) is 6.76. The van der Waals surface area contributed by atoms with Crippen molar-refractivity contribution >= 4 is 76.1 Å². The van der Waals surface area contributed by atoms with Crippen molar-refractivity contribution in [2.24, 2.45) is 5.73 Å². The average molecular weight is 1370 g/mol. The normalized spacial score (nSPS) is 9.52. The Morgan fingerprint density at radius 2 is 0.667 bits per heavy atom. The van der Waals surface area contributed by atoms with E-state index in [0.29, 0.717) is 113 Å². The number of rotatable bonds is 39. The Kier molecular flexibility index (Phi) is 76.1. The molecule has 0 aromatic heterocycles. The number of hydrogen-bond acceptors (Lipinski definition) is 21. The first-order chi connectivity index (χ1) is 41.4. The van der Waals surface area contributed by atoms with Gasteiger partial charge >= 0.3 is 123 Å². The second-order valence-electron chi connectivity index (χ2n) is 18.4. The molecule has 0 saturated carbocycles. The molecule has 4 amide bonds. The van der Waals surface area contributed by atoms with Crippen molar-refractivity contribution in [3.8, 4) is 0 Å². The summed E-state index contributed by atoms with van der Waals surface area (Å²) in [6.45, 7) is 1.99. The van der Waals surface area contributed by atoms with Gasteiger partial charge in [0.1, 0.15) is 13.2 Å². The van der Waals surface area contributed by atoms with Gasteiger partial charge in [-0.1, -0.05) is 53.4 Å². The Bertz CT molecular complexity index is 2520. The fourth-order valence-electron chi connectivity index (χ4n) is 6.76. The van der Waals surface area contributed by atoms with E-state index in [1.807, 2.05) is 6.29 Å². The molecule has 13 N–H and O–H groups in total. The molecule has 0 bridgehead atoms. The summed E-state index contributed by atoms with van der Waals surface area (Å²) in [6, 6.07) is 18.4. The minimum atomic E-state index is -4.67. The molecule has 93 heavy (non-hydrogen) atoms. The van der Waals surface area contributed by atoms with E-state index in [2.05, 4.69) is 21.3 Å². The molecule has 0 aliphatic rings. The van der Waals surface area contributed by atoms with Crippen LogP contribution in [0, 0.1) is 0 Å². The summed E-state index contributed by atoms with van der Waals surface area (Å²) in [7, 11) is -4.67. The van der Waals surface area contributed by atoms with Gasteiger partial charge in [0.2, 0.25) is 0 Å². The number of carbonyl (C=O) groups excluding carboxylic acids is 9. The first kappa shape index (κ1) is 104. The Morgan fingerprint density at radius 1 is 0.430 bits per heavy atom. The van der Waals surface area contributed by atoms with Crippen LogP contribution < -0.4 is 126 Å². The van der Waals surface area contributed by atoms with Gasteiger partial charge in [0, 0.05) is 73.2 Å². The number of aliphatic carboxylic acids is 4. The summed E-state index contributed by atoms with van der Waals surface area (Å²) >= 11 is 0. The summed E-state index contributed by atoms with van der Waals surface area (Å²) in [5.41, 5.74) is 7.60. The van der Waals surface area contributed by atoms with Crippen LogP contribution in [0.15, 0.2) is 72.8 Å². The second-order valence-corrected chi connectivity index (χ2v) is 19.3. The number of benzene rings is 3. The third-order valence-corrected chi connectivity index (χ3v) is 11.2. The first-order valence-corrected chi connectivity index (χ1v) is 29.4. The molecule has 0 unspecified atom stereocenters. The number of aliphatic hydroxyl groups is 2. The largest absolute Gasteiger partial charge is 1.00 e. The Labute approximate surface area is 611 Å². The molecule has 0 atom stereocenters. The molecule has 33 heteroatoms. The van der Waals surface area contributed by atoms with Gasteiger partial charge in [-0.2, -0.15) is 14.8 Å². The number of esters is 2. The average Bonchev–Trinajstić information content (AvgIpc) is 2.35. The van der Waals surface area contributed by atoms with Crippen LogP contribution in [0.2, 0.25) is 0 Å². The predicted molar refractivity (Wildman–Crippen MR) is 325 cm³/mol. The minimum Gasteiger partial charge on any atom is -0.870 e. The van der Waals surface area contributed by atoms with Crippen LogP contribution in [0.3, 0.4) is 0 Å². The van der Waals surface area contributed by atoms with Crippen molar-refractivity contribution < 1.29 is 205 Å². The van der Waals surface area contributed by atoms with E-state index in [9.17, 15) is 63.0 Å². The van der Waals surface area contributed by atoms with E-state index in [0.717, 1.165) is 44.9 Å². The number of unbranched alkanes of at least 4 members (excludes halogenated alkanes) is 11. The molecule has 0 aliphatic carbocycles. The zero-order chi connectivity index (χ0) is 65.7. The number of hydrogen-bond donors (Lipinski definition) is 11. The van der Waals surface area contributed by atoms with Gasteiger partial charge in [0.05, 0.1) is 24.3 Å². The van der Waals surface area contributed by atoms with E-state index in [1.54, 1.807) is 48.5 Å². The third kappa shape index (κ3) is 65.2. The molecule has 3 aromatic rings. The predicted octanol–water partition coefficient (Wildman–Crippen LogP) is -5.74. The van der Waals surface area contributed by atoms with Gasteiger partial charge in [-0.05, 0) is 150 Å². The quantitative estimate of drug-likeness (QED) is 0.00833. The van der Waals surface area contributed by atoms with Crippen LogP contribution in [0.4, 0.5) is 0 Å². The fraction of sp³-hybridized carbons (Fsp3) is 0.517. The van der Waals surface area contributed by atoms with Crippen LogP contribution in [-0.4, -0.2) is 168 Å². The molecule has 510 valence electrons. The SMILES string of the molecule is C.C.NCCCCCC(=O)[O-].O=C(O)CCCCCNC(=O)c1ccc(C(=O)NCCCCCC(=O)O)cc1.O=C(OCCO)c1ccc(C(=O)OCCO)cc1.O=S(=O)(O)O.O=[C-]CCCCCNC(=O)c1ccc(C(=O)NCCCCCC(=O)[O-])cc1.[Na+].[Na+].[Na+].[OH-]. The van der Waals surface area contributed by atoms with Gasteiger partial charge in [-0.25, -0.2) is 9.59 Å². The number of nitrogens with one attached hydrogen (secondary N) is 4. The van der Waals surface area contributed by atoms with Crippen LogP contribution in [-0.2, 0) is 43.8 Å². The molecule has 29 nitrogen and oxygen atoms in total. The number of carboxylic acid groups (broad SMARTS) is 4. The topological polar surface area (TPSA) is 512 Å². The van der Waals surface area contributed by atoms with Gasteiger partial charge in [-0.15, -0.1) is 0 Å².